The van der Waals surface area contributed by atoms with E-state index >= 15 is 0 Å². The number of Topliss-reactive ketones (excluding diaryl/α,β-unsaturated/α-hetero) is 1. The molecule has 0 radical (unpaired) electrons. The Hall–Kier alpha value is -3.86. The first-order valence-corrected chi connectivity index (χ1v) is 12.2. The molecule has 1 unspecified atom stereocenters. The standard InChI is InChI=1S/C31H33NO4/c1-19(2)24-18-21(14-17-25(24)36-6)28(33)26-27(20-12-15-22(16-13-20)31(3,4)5)32(30(35)29(26)34)23-10-8-7-9-11-23/h7-19,27,33H,1-6H3/b28-26-. The minimum Gasteiger partial charge on any atom is -0.507 e. The number of nitrogens with zero attached hydrogens (tertiary/aromatic N) is 1. The van der Waals surface area contributed by atoms with Gasteiger partial charge in [-0.25, -0.2) is 0 Å². The predicted molar refractivity (Wildman–Crippen MR) is 143 cm³/mol. The van der Waals surface area contributed by atoms with Gasteiger partial charge in [-0.15, -0.1) is 0 Å². The summed E-state index contributed by atoms with van der Waals surface area (Å²) >= 11 is 0. The number of aliphatic hydroxyl groups is 1. The maximum Gasteiger partial charge on any atom is 0.300 e. The van der Waals surface area contributed by atoms with Gasteiger partial charge in [-0.2, -0.15) is 0 Å². The predicted octanol–water partition coefficient (Wildman–Crippen LogP) is 6.74. The fourth-order valence-electron chi connectivity index (χ4n) is 4.66. The van der Waals surface area contributed by atoms with Crippen molar-refractivity contribution in [2.45, 2.75) is 52.0 Å². The molecular formula is C31H33NO4. The summed E-state index contributed by atoms with van der Waals surface area (Å²) in [5.41, 5.74) is 3.90. The van der Waals surface area contributed by atoms with E-state index in [4.69, 9.17) is 4.74 Å². The molecule has 0 saturated carbocycles. The molecule has 4 rings (SSSR count). The van der Waals surface area contributed by atoms with Crippen LogP contribution in [0.1, 0.15) is 68.8 Å². The van der Waals surface area contributed by atoms with E-state index in [9.17, 15) is 14.7 Å². The van der Waals surface area contributed by atoms with Crippen molar-refractivity contribution in [2.24, 2.45) is 0 Å². The zero-order valence-electron chi connectivity index (χ0n) is 21.7. The monoisotopic (exact) mass is 483 g/mol. The molecule has 3 aromatic rings. The van der Waals surface area contributed by atoms with E-state index in [-0.39, 0.29) is 22.7 Å². The molecule has 1 saturated heterocycles. The van der Waals surface area contributed by atoms with Crippen LogP contribution in [-0.4, -0.2) is 23.9 Å². The lowest BCUT2D eigenvalue weighted by molar-refractivity contribution is -0.132. The molecule has 36 heavy (non-hydrogen) atoms. The highest BCUT2D eigenvalue weighted by atomic mass is 16.5. The quantitative estimate of drug-likeness (QED) is 0.248. The van der Waals surface area contributed by atoms with Crippen LogP contribution in [0.2, 0.25) is 0 Å². The molecule has 1 aliphatic rings. The summed E-state index contributed by atoms with van der Waals surface area (Å²) in [5.74, 6) is -0.713. The van der Waals surface area contributed by atoms with Crippen LogP contribution in [0.4, 0.5) is 5.69 Å². The minimum absolute atomic E-state index is 0.0455. The summed E-state index contributed by atoms with van der Waals surface area (Å²) in [4.78, 5) is 28.2. The molecule has 5 nitrogen and oxygen atoms in total. The highest BCUT2D eigenvalue weighted by Gasteiger charge is 2.47. The Morgan fingerprint density at radius 3 is 2.14 bits per heavy atom. The number of carbonyl (C=O) groups is 2. The van der Waals surface area contributed by atoms with Crippen molar-refractivity contribution in [1.82, 2.24) is 0 Å². The van der Waals surface area contributed by atoms with Gasteiger partial charge in [0.15, 0.2) is 0 Å². The Bertz CT molecular complexity index is 1310. The molecule has 1 fully saturated rings. The van der Waals surface area contributed by atoms with Crippen LogP contribution in [0.25, 0.3) is 5.76 Å². The second kappa shape index (κ2) is 9.65. The molecule has 0 spiro atoms. The number of ether oxygens (including phenoxy) is 1. The van der Waals surface area contributed by atoms with E-state index in [2.05, 4.69) is 20.8 Å². The van der Waals surface area contributed by atoms with Crippen molar-refractivity contribution >= 4 is 23.1 Å². The Balaban J connectivity index is 1.93. The van der Waals surface area contributed by atoms with Crippen LogP contribution >= 0.6 is 0 Å². The third-order valence-electron chi connectivity index (χ3n) is 6.70. The average Bonchev–Trinajstić information content (AvgIpc) is 3.13. The number of para-hydroxylation sites is 1. The molecule has 0 bridgehead atoms. The smallest absolute Gasteiger partial charge is 0.300 e. The van der Waals surface area contributed by atoms with Gasteiger partial charge >= 0.3 is 0 Å². The lowest BCUT2D eigenvalue weighted by Crippen LogP contribution is -2.29. The molecule has 3 aromatic carbocycles. The normalized spacial score (nSPS) is 17.6. The number of hydrogen-bond donors (Lipinski definition) is 1. The van der Waals surface area contributed by atoms with E-state index in [1.54, 1.807) is 31.4 Å². The first kappa shape index (κ1) is 25.2. The Kier molecular flexibility index (Phi) is 6.77. The maximum absolute atomic E-state index is 13.4. The number of rotatable bonds is 5. The van der Waals surface area contributed by atoms with Gasteiger partial charge in [0.1, 0.15) is 11.5 Å². The SMILES string of the molecule is COc1ccc(/C(O)=C2/C(=O)C(=O)N(c3ccccc3)C2c2ccc(C(C)(C)C)cc2)cc1C(C)C. The second-order valence-electron chi connectivity index (χ2n) is 10.5. The van der Waals surface area contributed by atoms with Crippen molar-refractivity contribution in [3.63, 3.8) is 0 Å². The summed E-state index contributed by atoms with van der Waals surface area (Å²) in [7, 11) is 1.60. The molecule has 5 heteroatoms. The van der Waals surface area contributed by atoms with Gasteiger partial charge in [-0.05, 0) is 58.4 Å². The Morgan fingerprint density at radius 2 is 1.58 bits per heavy atom. The fraction of sp³-hybridized carbons (Fsp3) is 0.290. The molecule has 1 amide bonds. The van der Waals surface area contributed by atoms with Gasteiger partial charge in [0.25, 0.3) is 11.7 Å². The largest absolute Gasteiger partial charge is 0.507 e. The molecule has 186 valence electrons. The molecular weight excluding hydrogens is 450 g/mol. The van der Waals surface area contributed by atoms with Crippen molar-refractivity contribution < 1.29 is 19.4 Å². The van der Waals surface area contributed by atoms with Crippen LogP contribution in [0.5, 0.6) is 5.75 Å². The zero-order chi connectivity index (χ0) is 26.2. The summed E-state index contributed by atoms with van der Waals surface area (Å²) in [5, 5.41) is 11.5. The number of hydrogen-bond acceptors (Lipinski definition) is 4. The van der Waals surface area contributed by atoms with Gasteiger partial charge < -0.3 is 9.84 Å². The Labute approximate surface area is 213 Å². The lowest BCUT2D eigenvalue weighted by Gasteiger charge is -2.26. The fourth-order valence-corrected chi connectivity index (χ4v) is 4.66. The van der Waals surface area contributed by atoms with Crippen molar-refractivity contribution in [3.8, 4) is 5.75 Å². The summed E-state index contributed by atoms with van der Waals surface area (Å²) in [6.07, 6.45) is 0. The maximum atomic E-state index is 13.4. The van der Waals surface area contributed by atoms with Gasteiger partial charge in [-0.1, -0.05) is 77.1 Å². The van der Waals surface area contributed by atoms with Crippen molar-refractivity contribution in [3.05, 3.63) is 101 Å². The van der Waals surface area contributed by atoms with Crippen LogP contribution in [-0.2, 0) is 15.0 Å². The van der Waals surface area contributed by atoms with Crippen LogP contribution in [0, 0.1) is 0 Å². The molecule has 1 atom stereocenters. The number of ketones is 1. The number of amides is 1. The first-order valence-electron chi connectivity index (χ1n) is 12.2. The first-order chi connectivity index (χ1) is 17.0. The van der Waals surface area contributed by atoms with E-state index in [1.165, 1.54) is 4.90 Å². The minimum atomic E-state index is -0.758. The van der Waals surface area contributed by atoms with Gasteiger partial charge in [0.2, 0.25) is 0 Å². The molecule has 0 aliphatic carbocycles. The number of aliphatic hydroxyl groups excluding tert-OH is 1. The third-order valence-corrected chi connectivity index (χ3v) is 6.70. The van der Waals surface area contributed by atoms with Gasteiger partial charge in [-0.3, -0.25) is 14.5 Å². The lowest BCUT2D eigenvalue weighted by atomic mass is 9.85. The third kappa shape index (κ3) is 4.53. The number of methoxy groups -OCH3 is 1. The Morgan fingerprint density at radius 1 is 0.944 bits per heavy atom. The van der Waals surface area contributed by atoms with Crippen molar-refractivity contribution in [2.75, 3.05) is 12.0 Å². The highest BCUT2D eigenvalue weighted by Crippen LogP contribution is 2.43. The second-order valence-corrected chi connectivity index (χ2v) is 10.5. The molecule has 0 aromatic heterocycles. The van der Waals surface area contributed by atoms with Crippen LogP contribution in [0.3, 0.4) is 0 Å². The van der Waals surface area contributed by atoms with E-state index in [0.717, 1.165) is 16.7 Å². The van der Waals surface area contributed by atoms with Crippen LogP contribution < -0.4 is 9.64 Å². The van der Waals surface area contributed by atoms with E-state index < -0.39 is 17.7 Å². The summed E-state index contributed by atoms with van der Waals surface area (Å²) in [6, 6.07) is 21.6. The number of benzene rings is 3. The molecule has 1 heterocycles. The molecule has 1 aliphatic heterocycles. The zero-order valence-corrected chi connectivity index (χ0v) is 21.7. The van der Waals surface area contributed by atoms with Crippen LogP contribution in [0.15, 0.2) is 78.4 Å². The number of anilines is 1. The van der Waals surface area contributed by atoms with Gasteiger partial charge in [0.05, 0.1) is 18.7 Å². The topological polar surface area (TPSA) is 66.8 Å². The van der Waals surface area contributed by atoms with Crippen molar-refractivity contribution in [1.29, 1.82) is 0 Å². The summed E-state index contributed by atoms with van der Waals surface area (Å²) in [6.45, 7) is 10.5. The average molecular weight is 484 g/mol. The van der Waals surface area contributed by atoms with E-state index in [1.807, 2.05) is 62.4 Å². The highest BCUT2D eigenvalue weighted by molar-refractivity contribution is 6.51. The molecule has 1 N–H and O–H groups in total. The van der Waals surface area contributed by atoms with E-state index in [0.29, 0.717) is 17.0 Å². The van der Waals surface area contributed by atoms with Gasteiger partial charge in [0, 0.05) is 11.3 Å². The number of carbonyl (C=O) groups excluding carboxylic acids is 2. The summed E-state index contributed by atoms with van der Waals surface area (Å²) < 4.78 is 5.48.